The average Bonchev–Trinajstić information content (AvgIpc) is 3.19. The molecule has 0 saturated heterocycles. The number of benzene rings is 1. The fourth-order valence-corrected chi connectivity index (χ4v) is 2.63. The molecule has 29 heavy (non-hydrogen) atoms. The second-order valence-electron chi connectivity index (χ2n) is 6.10. The molecular formula is C19H19F3N6O. The minimum absolute atomic E-state index is 0.182. The first kappa shape index (κ1) is 20.2. The van der Waals surface area contributed by atoms with Gasteiger partial charge < -0.3 is 20.5 Å². The Hall–Kier alpha value is -3.56. The SMILES string of the molecule is Cc1nc(NCCNC(=O)Nc2ccccc2C(F)(F)F)cc(-n2cccc2)n1. The lowest BCUT2D eigenvalue weighted by Crippen LogP contribution is -2.33. The number of alkyl halides is 3. The molecule has 0 aliphatic carbocycles. The molecule has 0 bridgehead atoms. The molecule has 3 rings (SSSR count). The summed E-state index contributed by atoms with van der Waals surface area (Å²) in [6.07, 6.45) is -0.833. The van der Waals surface area contributed by atoms with Crippen LogP contribution in [0.5, 0.6) is 0 Å². The first-order valence-electron chi connectivity index (χ1n) is 8.77. The Morgan fingerprint density at radius 1 is 1.07 bits per heavy atom. The summed E-state index contributed by atoms with van der Waals surface area (Å²) in [5.74, 6) is 1.85. The number of para-hydroxylation sites is 1. The number of amides is 2. The van der Waals surface area contributed by atoms with Gasteiger partial charge in [0.25, 0.3) is 0 Å². The molecule has 3 aromatic rings. The summed E-state index contributed by atoms with van der Waals surface area (Å²) >= 11 is 0. The van der Waals surface area contributed by atoms with Gasteiger partial charge in [-0.05, 0) is 31.2 Å². The number of halogens is 3. The molecule has 1 aromatic carbocycles. The fraction of sp³-hybridized carbons (Fsp3) is 0.211. The van der Waals surface area contributed by atoms with Gasteiger partial charge in [-0.15, -0.1) is 0 Å². The predicted molar refractivity (Wildman–Crippen MR) is 103 cm³/mol. The molecule has 0 unspecified atom stereocenters. The number of aryl methyl sites for hydroxylation is 1. The number of carbonyl (C=O) groups excluding carboxylic acids is 1. The molecule has 0 radical (unpaired) electrons. The van der Waals surface area contributed by atoms with Crippen LogP contribution in [0.25, 0.3) is 5.82 Å². The summed E-state index contributed by atoms with van der Waals surface area (Å²) in [7, 11) is 0. The Morgan fingerprint density at radius 3 is 2.52 bits per heavy atom. The quantitative estimate of drug-likeness (QED) is 0.546. The Labute approximate surface area is 165 Å². The summed E-state index contributed by atoms with van der Waals surface area (Å²) in [6, 6.07) is 9.59. The van der Waals surface area contributed by atoms with Crippen LogP contribution in [0.3, 0.4) is 0 Å². The predicted octanol–water partition coefficient (Wildman–Crippen LogP) is 3.83. The second kappa shape index (κ2) is 8.63. The molecule has 0 atom stereocenters. The van der Waals surface area contributed by atoms with Crippen molar-refractivity contribution in [3.05, 3.63) is 66.2 Å². The monoisotopic (exact) mass is 404 g/mol. The topological polar surface area (TPSA) is 83.9 Å². The van der Waals surface area contributed by atoms with Gasteiger partial charge in [-0.3, -0.25) is 0 Å². The van der Waals surface area contributed by atoms with E-state index in [2.05, 4.69) is 25.9 Å². The normalized spacial score (nSPS) is 11.2. The van der Waals surface area contributed by atoms with Gasteiger partial charge >= 0.3 is 12.2 Å². The molecule has 3 N–H and O–H groups in total. The second-order valence-corrected chi connectivity index (χ2v) is 6.10. The maximum absolute atomic E-state index is 13.0. The third-order valence-corrected chi connectivity index (χ3v) is 3.89. The van der Waals surface area contributed by atoms with Gasteiger partial charge in [0.15, 0.2) is 0 Å². The van der Waals surface area contributed by atoms with Gasteiger partial charge in [0.1, 0.15) is 17.5 Å². The van der Waals surface area contributed by atoms with E-state index in [1.807, 2.05) is 29.1 Å². The third-order valence-electron chi connectivity index (χ3n) is 3.89. The minimum atomic E-state index is -4.55. The Balaban J connectivity index is 1.52. The lowest BCUT2D eigenvalue weighted by atomic mass is 10.1. The zero-order valence-electron chi connectivity index (χ0n) is 15.5. The van der Waals surface area contributed by atoms with Crippen LogP contribution >= 0.6 is 0 Å². The molecular weight excluding hydrogens is 385 g/mol. The van der Waals surface area contributed by atoms with E-state index in [1.54, 1.807) is 13.0 Å². The van der Waals surface area contributed by atoms with Crippen LogP contribution in [0.1, 0.15) is 11.4 Å². The molecule has 0 aliphatic heterocycles. The van der Waals surface area contributed by atoms with Crippen molar-refractivity contribution in [1.82, 2.24) is 19.9 Å². The van der Waals surface area contributed by atoms with E-state index in [0.29, 0.717) is 24.0 Å². The molecule has 2 heterocycles. The Kier molecular flexibility index (Phi) is 6.01. The van der Waals surface area contributed by atoms with E-state index in [4.69, 9.17) is 0 Å². The molecule has 0 saturated carbocycles. The number of anilines is 2. The van der Waals surface area contributed by atoms with Crippen molar-refractivity contribution in [3.63, 3.8) is 0 Å². The molecule has 2 amide bonds. The number of hydrogen-bond acceptors (Lipinski definition) is 4. The first-order chi connectivity index (χ1) is 13.8. The standard InChI is InChI=1S/C19H19F3N6O/c1-13-25-16(12-17(26-13)28-10-4-5-11-28)23-8-9-24-18(29)27-15-7-3-2-6-14(15)19(20,21)22/h2-7,10-12H,8-9H2,1H3,(H,23,25,26)(H2,24,27,29). The summed E-state index contributed by atoms with van der Waals surface area (Å²) in [5, 5.41) is 7.79. The van der Waals surface area contributed by atoms with Gasteiger partial charge in [0, 0.05) is 31.5 Å². The number of urea groups is 1. The van der Waals surface area contributed by atoms with Gasteiger partial charge in [-0.25, -0.2) is 14.8 Å². The van der Waals surface area contributed by atoms with Crippen molar-refractivity contribution in [2.24, 2.45) is 0 Å². The molecule has 2 aromatic heterocycles. The molecule has 0 aliphatic rings. The van der Waals surface area contributed by atoms with E-state index in [0.717, 1.165) is 6.07 Å². The Bertz CT molecular complexity index is 972. The highest BCUT2D eigenvalue weighted by Crippen LogP contribution is 2.34. The van der Waals surface area contributed by atoms with Crippen LogP contribution in [0.2, 0.25) is 0 Å². The highest BCUT2D eigenvalue weighted by atomic mass is 19.4. The number of nitrogens with zero attached hydrogens (tertiary/aromatic N) is 3. The molecule has 0 spiro atoms. The van der Waals surface area contributed by atoms with E-state index in [-0.39, 0.29) is 12.2 Å². The van der Waals surface area contributed by atoms with Crippen molar-refractivity contribution in [3.8, 4) is 5.82 Å². The van der Waals surface area contributed by atoms with Crippen molar-refractivity contribution in [1.29, 1.82) is 0 Å². The molecule has 0 fully saturated rings. The fourth-order valence-electron chi connectivity index (χ4n) is 2.63. The van der Waals surface area contributed by atoms with Crippen molar-refractivity contribution >= 4 is 17.5 Å². The number of nitrogens with one attached hydrogen (secondary N) is 3. The van der Waals surface area contributed by atoms with Crippen molar-refractivity contribution in [2.45, 2.75) is 13.1 Å². The number of carbonyl (C=O) groups is 1. The van der Waals surface area contributed by atoms with Gasteiger partial charge in [0.2, 0.25) is 0 Å². The zero-order valence-corrected chi connectivity index (χ0v) is 15.5. The molecule has 10 heteroatoms. The highest BCUT2D eigenvalue weighted by molar-refractivity contribution is 5.90. The van der Waals surface area contributed by atoms with E-state index >= 15 is 0 Å². The number of aromatic nitrogens is 3. The van der Waals surface area contributed by atoms with Crippen LogP contribution < -0.4 is 16.0 Å². The summed E-state index contributed by atoms with van der Waals surface area (Å²) in [5.41, 5.74) is -1.20. The first-order valence-corrected chi connectivity index (χ1v) is 8.77. The molecule has 152 valence electrons. The zero-order chi connectivity index (χ0) is 20.9. The smallest absolute Gasteiger partial charge is 0.368 e. The van der Waals surface area contributed by atoms with Crippen LogP contribution in [0, 0.1) is 6.92 Å². The van der Waals surface area contributed by atoms with Gasteiger partial charge in [0.05, 0.1) is 11.3 Å². The van der Waals surface area contributed by atoms with E-state index < -0.39 is 17.8 Å². The highest BCUT2D eigenvalue weighted by Gasteiger charge is 2.33. The largest absolute Gasteiger partial charge is 0.418 e. The average molecular weight is 404 g/mol. The van der Waals surface area contributed by atoms with Crippen molar-refractivity contribution < 1.29 is 18.0 Å². The van der Waals surface area contributed by atoms with Crippen LogP contribution in [0.15, 0.2) is 54.9 Å². The van der Waals surface area contributed by atoms with Crippen molar-refractivity contribution in [2.75, 3.05) is 23.7 Å². The summed E-state index contributed by atoms with van der Waals surface area (Å²) in [6.45, 7) is 2.28. The lowest BCUT2D eigenvalue weighted by Gasteiger charge is -2.14. The third kappa shape index (κ3) is 5.47. The van der Waals surface area contributed by atoms with E-state index in [1.165, 1.54) is 18.2 Å². The minimum Gasteiger partial charge on any atom is -0.368 e. The lowest BCUT2D eigenvalue weighted by molar-refractivity contribution is -0.136. The number of hydrogen-bond donors (Lipinski definition) is 3. The van der Waals surface area contributed by atoms with Crippen LogP contribution in [-0.4, -0.2) is 33.7 Å². The summed E-state index contributed by atoms with van der Waals surface area (Å²) in [4.78, 5) is 20.5. The van der Waals surface area contributed by atoms with Crippen LogP contribution in [0.4, 0.5) is 29.5 Å². The Morgan fingerprint density at radius 2 is 1.79 bits per heavy atom. The van der Waals surface area contributed by atoms with Gasteiger partial charge in [-0.1, -0.05) is 12.1 Å². The number of rotatable bonds is 6. The maximum Gasteiger partial charge on any atom is 0.418 e. The van der Waals surface area contributed by atoms with Crippen LogP contribution in [-0.2, 0) is 6.18 Å². The van der Waals surface area contributed by atoms with E-state index in [9.17, 15) is 18.0 Å². The maximum atomic E-state index is 13.0. The molecule has 7 nitrogen and oxygen atoms in total. The van der Waals surface area contributed by atoms with Gasteiger partial charge in [-0.2, -0.15) is 13.2 Å². The summed E-state index contributed by atoms with van der Waals surface area (Å²) < 4.78 is 40.7.